The summed E-state index contributed by atoms with van der Waals surface area (Å²) in [4.78, 5) is 12.4. The molecule has 1 saturated heterocycles. The van der Waals surface area contributed by atoms with Crippen molar-refractivity contribution < 1.29 is 24.0 Å². The van der Waals surface area contributed by atoms with E-state index in [-0.39, 0.29) is 12.6 Å². The van der Waals surface area contributed by atoms with Gasteiger partial charge in [-0.1, -0.05) is 0 Å². The molecule has 0 aromatic carbocycles. The maximum atomic E-state index is 10.6. The van der Waals surface area contributed by atoms with Crippen LogP contribution < -0.4 is 5.73 Å². The first-order chi connectivity index (χ1) is 10.9. The molecule has 3 heterocycles. The zero-order valence-corrected chi connectivity index (χ0v) is 13.5. The fourth-order valence-corrected chi connectivity index (χ4v) is 2.98. The highest BCUT2D eigenvalue weighted by atomic mass is 31.1. The van der Waals surface area contributed by atoms with Gasteiger partial charge in [-0.05, 0) is 18.4 Å². The Morgan fingerprint density at radius 3 is 3.00 bits per heavy atom. The van der Waals surface area contributed by atoms with Gasteiger partial charge in [-0.25, -0.2) is 9.97 Å². The van der Waals surface area contributed by atoms with Gasteiger partial charge in [0, 0.05) is 0 Å². The van der Waals surface area contributed by atoms with Crippen molar-refractivity contribution in [3.8, 4) is 0 Å². The van der Waals surface area contributed by atoms with Crippen LogP contribution in [0.4, 0.5) is 5.95 Å². The standard InChI is InChI=1S/C12H17N5O5P/c1-5-7-9(16-11(13)15-5)17(4-14-7)10-12(2,19)8(18)6(22-10)3-21-23-20/h4,6,8,10,18-19,23H,3H2,1-2H3,(H2,13,15,16)/q+1. The van der Waals surface area contributed by atoms with E-state index in [4.69, 9.17) is 15.0 Å². The molecule has 2 aromatic heterocycles. The maximum absolute atomic E-state index is 10.6. The van der Waals surface area contributed by atoms with Crippen molar-refractivity contribution in [2.75, 3.05) is 12.3 Å². The van der Waals surface area contributed by atoms with Gasteiger partial charge >= 0.3 is 8.69 Å². The molecule has 0 saturated carbocycles. The van der Waals surface area contributed by atoms with Gasteiger partial charge in [0.05, 0.1) is 12.0 Å². The van der Waals surface area contributed by atoms with Crippen LogP contribution >= 0.6 is 8.69 Å². The number of ether oxygens (including phenoxy) is 1. The molecule has 1 aliphatic rings. The monoisotopic (exact) mass is 342 g/mol. The molecular formula is C12H17N5O5P+. The number of fused-ring (bicyclic) bond motifs is 1. The molecule has 4 N–H and O–H groups in total. The first-order valence-corrected chi connectivity index (χ1v) is 7.69. The Bertz CT molecular complexity index is 751. The van der Waals surface area contributed by atoms with Crippen LogP contribution in [0.5, 0.6) is 0 Å². The molecular weight excluding hydrogens is 325 g/mol. The van der Waals surface area contributed by atoms with Crippen molar-refractivity contribution in [2.24, 2.45) is 0 Å². The number of aliphatic hydroxyl groups is 2. The topological polar surface area (TPSA) is 146 Å². The summed E-state index contributed by atoms with van der Waals surface area (Å²) in [5, 5.41) is 20.9. The summed E-state index contributed by atoms with van der Waals surface area (Å²) in [5.41, 5.74) is 5.55. The molecule has 5 unspecified atom stereocenters. The maximum Gasteiger partial charge on any atom is 0.494 e. The van der Waals surface area contributed by atoms with Crippen LogP contribution in [-0.4, -0.2) is 54.1 Å². The van der Waals surface area contributed by atoms with Crippen molar-refractivity contribution in [1.82, 2.24) is 19.5 Å². The highest BCUT2D eigenvalue weighted by Gasteiger charge is 2.54. The lowest BCUT2D eigenvalue weighted by Crippen LogP contribution is -2.44. The number of hydrogen-bond acceptors (Lipinski definition) is 9. The number of aryl methyl sites for hydroxylation is 1. The number of nitrogen functional groups attached to an aromatic ring is 1. The minimum absolute atomic E-state index is 0.0716. The third-order valence-corrected chi connectivity index (χ3v) is 4.21. The number of anilines is 1. The predicted molar refractivity (Wildman–Crippen MR) is 80.0 cm³/mol. The number of hydrogen-bond donors (Lipinski definition) is 3. The fraction of sp³-hybridized carbons (Fsp3) is 0.583. The van der Waals surface area contributed by atoms with Crippen molar-refractivity contribution in [3.05, 3.63) is 12.0 Å². The Labute approximate surface area is 132 Å². The van der Waals surface area contributed by atoms with Gasteiger partial charge in [0.25, 0.3) is 0 Å². The molecule has 1 aliphatic heterocycles. The second-order valence-electron chi connectivity index (χ2n) is 5.58. The smallest absolute Gasteiger partial charge is 0.387 e. The number of rotatable bonds is 4. The number of nitrogens with zero attached hydrogens (tertiary/aromatic N) is 4. The molecule has 0 radical (unpaired) electrons. The Balaban J connectivity index is 2.02. The van der Waals surface area contributed by atoms with Crippen molar-refractivity contribution in [3.63, 3.8) is 0 Å². The van der Waals surface area contributed by atoms with Crippen LogP contribution in [0, 0.1) is 6.92 Å². The average molecular weight is 342 g/mol. The van der Waals surface area contributed by atoms with Crippen LogP contribution in [-0.2, 0) is 13.8 Å². The SMILES string of the molecule is Cc1nc(N)nc2c1ncn2C1OC(CO[PH+]=O)C(O)C1(C)O. The second-order valence-corrected chi connectivity index (χ2v) is 6.04. The molecule has 5 atom stereocenters. The summed E-state index contributed by atoms with van der Waals surface area (Å²) in [6.45, 7) is 3.07. The second kappa shape index (κ2) is 5.73. The van der Waals surface area contributed by atoms with E-state index in [1.54, 1.807) is 6.92 Å². The Morgan fingerprint density at radius 2 is 2.30 bits per heavy atom. The summed E-state index contributed by atoms with van der Waals surface area (Å²) in [5.74, 6) is 0.0716. The van der Waals surface area contributed by atoms with E-state index in [0.29, 0.717) is 16.9 Å². The lowest BCUT2D eigenvalue weighted by Gasteiger charge is -2.27. The minimum atomic E-state index is -1.62. The van der Waals surface area contributed by atoms with E-state index in [0.717, 1.165) is 0 Å². The Hall–Kier alpha value is -1.71. The molecule has 23 heavy (non-hydrogen) atoms. The molecule has 0 spiro atoms. The van der Waals surface area contributed by atoms with Crippen molar-refractivity contribution in [2.45, 2.75) is 37.9 Å². The van der Waals surface area contributed by atoms with Crippen LogP contribution in [0.1, 0.15) is 18.8 Å². The van der Waals surface area contributed by atoms with Crippen molar-refractivity contribution >= 4 is 25.8 Å². The fourth-order valence-electron chi connectivity index (χ4n) is 2.74. The molecule has 0 aliphatic carbocycles. The summed E-state index contributed by atoms with van der Waals surface area (Å²) < 4.78 is 22.4. The van der Waals surface area contributed by atoms with E-state index in [1.165, 1.54) is 17.8 Å². The molecule has 0 amide bonds. The quantitative estimate of drug-likeness (QED) is 0.636. The van der Waals surface area contributed by atoms with E-state index in [9.17, 15) is 14.8 Å². The number of aliphatic hydroxyl groups excluding tert-OH is 1. The zero-order chi connectivity index (χ0) is 16.8. The van der Waals surface area contributed by atoms with Crippen LogP contribution in [0.15, 0.2) is 6.33 Å². The molecule has 2 aromatic rings. The molecule has 10 nitrogen and oxygen atoms in total. The summed E-state index contributed by atoms with van der Waals surface area (Å²) >= 11 is 0. The first kappa shape index (κ1) is 16.2. The van der Waals surface area contributed by atoms with Gasteiger partial charge in [-0.2, -0.15) is 4.98 Å². The molecule has 1 fully saturated rings. The molecule has 3 rings (SSSR count). The number of nitrogens with two attached hydrogens (primary N) is 1. The first-order valence-electron chi connectivity index (χ1n) is 6.87. The zero-order valence-electron chi connectivity index (χ0n) is 12.5. The average Bonchev–Trinajstić information content (AvgIpc) is 2.98. The van der Waals surface area contributed by atoms with Crippen LogP contribution in [0.2, 0.25) is 0 Å². The van der Waals surface area contributed by atoms with Gasteiger partial charge in [0.15, 0.2) is 11.9 Å². The van der Waals surface area contributed by atoms with Crippen molar-refractivity contribution in [1.29, 1.82) is 0 Å². The van der Waals surface area contributed by atoms with Gasteiger partial charge in [0.2, 0.25) is 5.95 Å². The third kappa shape index (κ3) is 2.58. The normalized spacial score (nSPS) is 31.2. The Kier molecular flexibility index (Phi) is 4.03. The van der Waals surface area contributed by atoms with E-state index < -0.39 is 32.7 Å². The van der Waals surface area contributed by atoms with E-state index in [2.05, 4.69) is 15.0 Å². The van der Waals surface area contributed by atoms with Gasteiger partial charge in [-0.3, -0.25) is 4.57 Å². The highest BCUT2D eigenvalue weighted by Crippen LogP contribution is 2.39. The third-order valence-electron chi connectivity index (χ3n) is 3.93. The minimum Gasteiger partial charge on any atom is -0.387 e. The summed E-state index contributed by atoms with van der Waals surface area (Å²) in [7, 11) is -0.977. The molecule has 0 bridgehead atoms. The van der Waals surface area contributed by atoms with Crippen LogP contribution in [0.3, 0.4) is 0 Å². The summed E-state index contributed by atoms with van der Waals surface area (Å²) in [6.07, 6.45) is -1.59. The van der Waals surface area contributed by atoms with Gasteiger partial charge in [-0.15, -0.1) is 4.52 Å². The predicted octanol–water partition coefficient (Wildman–Crippen LogP) is -0.318. The lowest BCUT2D eigenvalue weighted by atomic mass is 9.96. The summed E-state index contributed by atoms with van der Waals surface area (Å²) in [6, 6.07) is 0. The van der Waals surface area contributed by atoms with E-state index >= 15 is 0 Å². The lowest BCUT2D eigenvalue weighted by molar-refractivity contribution is -0.0946. The van der Waals surface area contributed by atoms with Gasteiger partial charge in [0.1, 0.15) is 29.9 Å². The largest absolute Gasteiger partial charge is 0.494 e. The number of aromatic nitrogens is 4. The molecule has 124 valence electrons. The molecule has 11 heteroatoms. The van der Waals surface area contributed by atoms with E-state index in [1.807, 2.05) is 0 Å². The Morgan fingerprint density at radius 1 is 1.57 bits per heavy atom. The van der Waals surface area contributed by atoms with Crippen LogP contribution in [0.25, 0.3) is 11.2 Å². The highest BCUT2D eigenvalue weighted by molar-refractivity contribution is 7.17. The number of imidazole rings is 1. The van der Waals surface area contributed by atoms with Gasteiger partial charge < -0.3 is 20.7 Å².